The van der Waals surface area contributed by atoms with Gasteiger partial charge in [-0.05, 0) is 49.2 Å². The Balaban J connectivity index is 1.55. The van der Waals surface area contributed by atoms with Crippen molar-refractivity contribution in [3.05, 3.63) is 107 Å². The second-order valence-corrected chi connectivity index (χ2v) is 8.91. The maximum Gasteiger partial charge on any atom is 0.408 e. The molecule has 6 nitrogen and oxygen atoms in total. The fraction of sp³-hybridized carbons (Fsp3) is 0.214. The first-order valence-electron chi connectivity index (χ1n) is 11.5. The third kappa shape index (κ3) is 5.71. The van der Waals surface area contributed by atoms with Crippen molar-refractivity contribution in [1.29, 1.82) is 0 Å². The summed E-state index contributed by atoms with van der Waals surface area (Å²) >= 11 is 0. The van der Waals surface area contributed by atoms with Gasteiger partial charge in [0.25, 0.3) is 0 Å². The van der Waals surface area contributed by atoms with Gasteiger partial charge in [0.05, 0.1) is 6.04 Å². The van der Waals surface area contributed by atoms with E-state index in [0.717, 1.165) is 40.2 Å². The standard InChI is InChI=1S/C28H27F2N3O3/c1-18(19-8-4-3-5-9-19)32-26(34)28(2,15-21-16-31-25-11-7-6-10-23(21)25)33-27(35)36-17-20-14-22(29)12-13-24(20)30/h3-14,16,18,31H,15,17H2,1-2H3,(H,32,34)(H,33,35). The van der Waals surface area contributed by atoms with Crippen molar-refractivity contribution in [2.24, 2.45) is 0 Å². The molecule has 0 aliphatic rings. The number of aromatic nitrogens is 1. The monoisotopic (exact) mass is 491 g/mol. The van der Waals surface area contributed by atoms with Crippen LogP contribution in [0.15, 0.2) is 79.0 Å². The van der Waals surface area contributed by atoms with E-state index in [2.05, 4.69) is 15.6 Å². The first kappa shape index (κ1) is 24.9. The average Bonchev–Trinajstić information content (AvgIpc) is 3.27. The van der Waals surface area contributed by atoms with Gasteiger partial charge in [0.2, 0.25) is 5.91 Å². The second-order valence-electron chi connectivity index (χ2n) is 8.91. The molecule has 0 bridgehead atoms. The van der Waals surface area contributed by atoms with Crippen LogP contribution in [0.3, 0.4) is 0 Å². The summed E-state index contributed by atoms with van der Waals surface area (Å²) < 4.78 is 32.6. The predicted molar refractivity (Wildman–Crippen MR) is 133 cm³/mol. The Morgan fingerprint density at radius 1 is 1.00 bits per heavy atom. The summed E-state index contributed by atoms with van der Waals surface area (Å²) in [5.74, 6) is -1.76. The van der Waals surface area contributed by atoms with Crippen molar-refractivity contribution in [2.45, 2.75) is 38.5 Å². The summed E-state index contributed by atoms with van der Waals surface area (Å²) in [4.78, 5) is 29.4. The summed E-state index contributed by atoms with van der Waals surface area (Å²) in [6.07, 6.45) is 1.03. The number of carbonyl (C=O) groups is 2. The molecule has 1 heterocycles. The fourth-order valence-corrected chi connectivity index (χ4v) is 4.08. The molecule has 0 aliphatic heterocycles. The molecule has 0 spiro atoms. The number of ether oxygens (including phenoxy) is 1. The number of aromatic amines is 1. The Hall–Kier alpha value is -4.20. The molecule has 8 heteroatoms. The summed E-state index contributed by atoms with van der Waals surface area (Å²) in [6.45, 7) is 2.97. The van der Waals surface area contributed by atoms with Crippen molar-refractivity contribution in [3.63, 3.8) is 0 Å². The van der Waals surface area contributed by atoms with Crippen LogP contribution in [0.4, 0.5) is 13.6 Å². The van der Waals surface area contributed by atoms with Crippen LogP contribution in [-0.2, 0) is 22.6 Å². The van der Waals surface area contributed by atoms with E-state index in [1.807, 2.05) is 61.5 Å². The quantitative estimate of drug-likeness (QED) is 0.302. The number of amides is 2. The van der Waals surface area contributed by atoms with E-state index in [1.165, 1.54) is 0 Å². The van der Waals surface area contributed by atoms with Crippen molar-refractivity contribution in [1.82, 2.24) is 15.6 Å². The van der Waals surface area contributed by atoms with E-state index in [9.17, 15) is 18.4 Å². The zero-order valence-corrected chi connectivity index (χ0v) is 20.0. The lowest BCUT2D eigenvalue weighted by molar-refractivity contribution is -0.127. The van der Waals surface area contributed by atoms with Gasteiger partial charge < -0.3 is 20.4 Å². The zero-order valence-electron chi connectivity index (χ0n) is 20.0. The van der Waals surface area contributed by atoms with Gasteiger partial charge in [-0.1, -0.05) is 48.5 Å². The molecule has 0 saturated heterocycles. The minimum atomic E-state index is -1.41. The highest BCUT2D eigenvalue weighted by Crippen LogP contribution is 2.24. The van der Waals surface area contributed by atoms with Crippen LogP contribution in [0.25, 0.3) is 10.9 Å². The normalized spacial score (nSPS) is 13.6. The molecule has 0 saturated carbocycles. The number of H-pyrrole nitrogens is 1. The third-order valence-corrected chi connectivity index (χ3v) is 6.11. The Labute approximate surface area is 207 Å². The second kappa shape index (κ2) is 10.6. The molecule has 3 aromatic carbocycles. The van der Waals surface area contributed by atoms with Gasteiger partial charge in [0.1, 0.15) is 23.8 Å². The van der Waals surface area contributed by atoms with Gasteiger partial charge in [-0.25, -0.2) is 13.6 Å². The van der Waals surface area contributed by atoms with Crippen molar-refractivity contribution < 1.29 is 23.1 Å². The van der Waals surface area contributed by atoms with E-state index in [0.29, 0.717) is 0 Å². The van der Waals surface area contributed by atoms with Crippen LogP contribution in [0, 0.1) is 11.6 Å². The maximum absolute atomic E-state index is 13.9. The Morgan fingerprint density at radius 3 is 2.50 bits per heavy atom. The summed E-state index contributed by atoms with van der Waals surface area (Å²) in [5.41, 5.74) is 1.12. The Morgan fingerprint density at radius 2 is 1.72 bits per heavy atom. The number of nitrogens with one attached hydrogen (secondary N) is 3. The summed E-state index contributed by atoms with van der Waals surface area (Å²) in [6, 6.07) is 19.7. The molecule has 2 atom stereocenters. The molecular weight excluding hydrogens is 464 g/mol. The van der Waals surface area contributed by atoms with Crippen molar-refractivity contribution >= 4 is 22.9 Å². The van der Waals surface area contributed by atoms with E-state index < -0.39 is 35.8 Å². The highest BCUT2D eigenvalue weighted by Gasteiger charge is 2.37. The zero-order chi connectivity index (χ0) is 25.7. The number of para-hydroxylation sites is 1. The summed E-state index contributed by atoms with van der Waals surface area (Å²) in [7, 11) is 0. The lowest BCUT2D eigenvalue weighted by atomic mass is 9.91. The first-order chi connectivity index (χ1) is 17.2. The van der Waals surface area contributed by atoms with Gasteiger partial charge in [-0.3, -0.25) is 4.79 Å². The number of benzene rings is 3. The highest BCUT2D eigenvalue weighted by molar-refractivity contribution is 5.91. The number of hydrogen-bond donors (Lipinski definition) is 3. The molecule has 4 rings (SSSR count). The smallest absolute Gasteiger partial charge is 0.408 e. The molecular formula is C28H27F2N3O3. The van der Waals surface area contributed by atoms with E-state index in [4.69, 9.17) is 4.74 Å². The number of halogens is 2. The van der Waals surface area contributed by atoms with E-state index in [-0.39, 0.29) is 18.0 Å². The van der Waals surface area contributed by atoms with Gasteiger partial charge in [-0.2, -0.15) is 0 Å². The number of hydrogen-bond acceptors (Lipinski definition) is 3. The molecule has 0 radical (unpaired) electrons. The molecule has 186 valence electrons. The lowest BCUT2D eigenvalue weighted by Crippen LogP contribution is -2.58. The highest BCUT2D eigenvalue weighted by atomic mass is 19.1. The molecule has 3 N–H and O–H groups in total. The number of rotatable bonds is 8. The van der Waals surface area contributed by atoms with Gasteiger partial charge >= 0.3 is 6.09 Å². The van der Waals surface area contributed by atoms with Crippen LogP contribution < -0.4 is 10.6 Å². The molecule has 0 fully saturated rings. The SMILES string of the molecule is CC(NC(=O)C(C)(Cc1c[nH]c2ccccc12)NC(=O)OCc1cc(F)ccc1F)c1ccccc1. The first-order valence-corrected chi connectivity index (χ1v) is 11.5. The van der Waals surface area contributed by atoms with Crippen LogP contribution in [-0.4, -0.2) is 22.5 Å². The van der Waals surface area contributed by atoms with Gasteiger partial charge in [0.15, 0.2) is 0 Å². The minimum absolute atomic E-state index is 0.106. The Kier molecular flexibility index (Phi) is 7.33. The topological polar surface area (TPSA) is 83.2 Å². The van der Waals surface area contributed by atoms with Gasteiger partial charge in [0, 0.05) is 29.1 Å². The molecule has 36 heavy (non-hydrogen) atoms. The van der Waals surface area contributed by atoms with Crippen LogP contribution in [0.1, 0.15) is 36.6 Å². The van der Waals surface area contributed by atoms with Crippen LogP contribution >= 0.6 is 0 Å². The molecule has 1 aromatic heterocycles. The van der Waals surface area contributed by atoms with Crippen molar-refractivity contribution in [3.8, 4) is 0 Å². The number of fused-ring (bicyclic) bond motifs is 1. The molecule has 2 amide bonds. The lowest BCUT2D eigenvalue weighted by Gasteiger charge is -2.31. The summed E-state index contributed by atoms with van der Waals surface area (Å²) in [5, 5.41) is 6.54. The van der Waals surface area contributed by atoms with Crippen LogP contribution in [0.5, 0.6) is 0 Å². The number of alkyl carbamates (subject to hydrolysis) is 1. The van der Waals surface area contributed by atoms with Gasteiger partial charge in [-0.15, -0.1) is 0 Å². The molecule has 4 aromatic rings. The largest absolute Gasteiger partial charge is 0.445 e. The van der Waals surface area contributed by atoms with Crippen molar-refractivity contribution in [2.75, 3.05) is 0 Å². The molecule has 2 unspecified atom stereocenters. The van der Waals surface area contributed by atoms with E-state index >= 15 is 0 Å². The third-order valence-electron chi connectivity index (χ3n) is 6.11. The minimum Gasteiger partial charge on any atom is -0.445 e. The van der Waals surface area contributed by atoms with E-state index in [1.54, 1.807) is 13.1 Å². The average molecular weight is 492 g/mol. The van der Waals surface area contributed by atoms with Crippen LogP contribution in [0.2, 0.25) is 0 Å². The molecule has 0 aliphatic carbocycles. The predicted octanol–water partition coefficient (Wildman–Crippen LogP) is 5.55. The maximum atomic E-state index is 13.9. The number of carbonyl (C=O) groups excluding carboxylic acids is 2. The Bertz CT molecular complexity index is 1370. The fourth-order valence-electron chi connectivity index (χ4n) is 4.08.